The van der Waals surface area contributed by atoms with Crippen molar-refractivity contribution in [2.75, 3.05) is 6.54 Å². The molecule has 17 heavy (non-hydrogen) atoms. The molecule has 0 aromatic heterocycles. The average Bonchev–Trinajstić information content (AvgIpc) is 3.11. The van der Waals surface area contributed by atoms with Crippen LogP contribution in [0.2, 0.25) is 0 Å². The predicted octanol–water partition coefficient (Wildman–Crippen LogP) is 1.32. The fourth-order valence-electron chi connectivity index (χ4n) is 2.13. The van der Waals surface area contributed by atoms with Gasteiger partial charge in [0.15, 0.2) is 7.98 Å². The lowest BCUT2D eigenvalue weighted by Gasteiger charge is -2.29. The summed E-state index contributed by atoms with van der Waals surface area (Å²) in [6, 6.07) is 0.907. The molecule has 0 N–H and O–H groups in total. The number of nitrogens with zero attached hydrogens (tertiary/aromatic N) is 2. The van der Waals surface area contributed by atoms with E-state index in [1.54, 1.807) is 4.90 Å². The lowest BCUT2D eigenvalue weighted by atomic mass is 9.90. The van der Waals surface area contributed by atoms with Gasteiger partial charge >= 0.3 is 0 Å². The maximum atomic E-state index is 11.4. The standard InChI is InChI=1S/C11H18B2N2OS/c12-10(15(11(16)17)9-5-6-9)2-1-7-14(13)8-3-4-8/h8-10H,1-7H2,(H,16,17). The molecule has 2 fully saturated rings. The van der Waals surface area contributed by atoms with Crippen LogP contribution in [-0.4, -0.2) is 55.3 Å². The van der Waals surface area contributed by atoms with E-state index < -0.39 is 0 Å². The Morgan fingerprint density at radius 2 is 1.88 bits per heavy atom. The molecule has 2 rings (SSSR count). The second-order valence-electron chi connectivity index (χ2n) is 5.10. The normalized spacial score (nSPS) is 21.5. The van der Waals surface area contributed by atoms with Crippen LogP contribution in [0, 0.1) is 0 Å². The highest BCUT2D eigenvalue weighted by atomic mass is 32.1. The Kier molecular flexibility index (Phi) is 4.47. The summed E-state index contributed by atoms with van der Waals surface area (Å²) in [6.07, 6.45) is 6.27. The minimum Gasteiger partial charge on any atom is -0.351 e. The van der Waals surface area contributed by atoms with E-state index in [-0.39, 0.29) is 11.2 Å². The third kappa shape index (κ3) is 3.95. The van der Waals surface area contributed by atoms with E-state index in [9.17, 15) is 4.79 Å². The van der Waals surface area contributed by atoms with E-state index in [2.05, 4.69) is 12.6 Å². The quantitative estimate of drug-likeness (QED) is 0.542. The van der Waals surface area contributed by atoms with Crippen molar-refractivity contribution in [1.82, 2.24) is 9.71 Å². The first-order valence-corrected chi connectivity index (χ1v) is 6.82. The molecule has 0 saturated heterocycles. The Morgan fingerprint density at radius 3 is 2.35 bits per heavy atom. The van der Waals surface area contributed by atoms with Gasteiger partial charge in [0.1, 0.15) is 0 Å². The van der Waals surface area contributed by atoms with Gasteiger partial charge in [0.05, 0.1) is 7.85 Å². The highest BCUT2D eigenvalue weighted by Crippen LogP contribution is 2.30. The highest BCUT2D eigenvalue weighted by Gasteiger charge is 2.34. The molecular weight excluding hydrogens is 230 g/mol. The molecule has 1 amide bonds. The molecule has 4 radical (unpaired) electrons. The van der Waals surface area contributed by atoms with Crippen LogP contribution in [0.3, 0.4) is 0 Å². The van der Waals surface area contributed by atoms with Gasteiger partial charge in [-0.05, 0) is 57.1 Å². The molecule has 0 aliphatic heterocycles. The first-order chi connectivity index (χ1) is 8.09. The fraction of sp³-hybridized carbons (Fsp3) is 0.909. The van der Waals surface area contributed by atoms with Crippen LogP contribution in [0.25, 0.3) is 0 Å². The zero-order valence-electron chi connectivity index (χ0n) is 10.1. The molecule has 6 heteroatoms. The maximum absolute atomic E-state index is 11.4. The number of hydrogen-bond acceptors (Lipinski definition) is 2. The Labute approximate surface area is 112 Å². The summed E-state index contributed by atoms with van der Waals surface area (Å²) in [5.41, 5.74) is 0. The molecule has 3 nitrogen and oxygen atoms in total. The maximum Gasteiger partial charge on any atom is 0.278 e. The summed E-state index contributed by atoms with van der Waals surface area (Å²) in [5.74, 6) is -0.208. The first kappa shape index (κ1) is 13.3. The van der Waals surface area contributed by atoms with Crippen LogP contribution in [0.5, 0.6) is 0 Å². The molecule has 1 unspecified atom stereocenters. The highest BCUT2D eigenvalue weighted by molar-refractivity contribution is 7.96. The van der Waals surface area contributed by atoms with Crippen molar-refractivity contribution in [2.24, 2.45) is 0 Å². The monoisotopic (exact) mass is 248 g/mol. The molecule has 0 aromatic carbocycles. The number of carbonyl (C=O) groups excluding carboxylic acids is 1. The summed E-state index contributed by atoms with van der Waals surface area (Å²) in [4.78, 5) is 15.0. The molecule has 1 atom stereocenters. The number of hydrogen-bond donors (Lipinski definition) is 1. The zero-order valence-corrected chi connectivity index (χ0v) is 11.0. The van der Waals surface area contributed by atoms with Crippen LogP contribution in [0.15, 0.2) is 0 Å². The van der Waals surface area contributed by atoms with Crippen LogP contribution in [0.1, 0.15) is 38.5 Å². The van der Waals surface area contributed by atoms with Crippen LogP contribution < -0.4 is 0 Å². The summed E-state index contributed by atoms with van der Waals surface area (Å²) in [5, 5.41) is -0.202. The molecule has 0 bridgehead atoms. The minimum atomic E-state index is -0.208. The number of carbonyl (C=O) groups is 1. The van der Waals surface area contributed by atoms with Gasteiger partial charge in [-0.25, -0.2) is 0 Å². The smallest absolute Gasteiger partial charge is 0.278 e. The molecule has 0 spiro atoms. The number of rotatable bonds is 7. The largest absolute Gasteiger partial charge is 0.351 e. The molecule has 90 valence electrons. The van der Waals surface area contributed by atoms with Gasteiger partial charge in [0.25, 0.3) is 5.24 Å². The first-order valence-electron chi connectivity index (χ1n) is 6.37. The third-order valence-electron chi connectivity index (χ3n) is 3.45. The number of thiol groups is 1. The van der Waals surface area contributed by atoms with Gasteiger partial charge in [-0.3, -0.25) is 4.79 Å². The van der Waals surface area contributed by atoms with Crippen LogP contribution in [0.4, 0.5) is 4.79 Å². The molecule has 0 aromatic rings. The van der Waals surface area contributed by atoms with Crippen LogP contribution >= 0.6 is 12.6 Å². The van der Waals surface area contributed by atoms with Gasteiger partial charge in [-0.1, -0.05) is 12.6 Å². The van der Waals surface area contributed by atoms with E-state index in [1.807, 2.05) is 4.81 Å². The fourth-order valence-corrected chi connectivity index (χ4v) is 2.44. The average molecular weight is 248 g/mol. The Balaban J connectivity index is 1.67. The van der Waals surface area contributed by atoms with E-state index in [4.69, 9.17) is 15.8 Å². The van der Waals surface area contributed by atoms with E-state index in [1.165, 1.54) is 12.8 Å². The topological polar surface area (TPSA) is 23.6 Å². The summed E-state index contributed by atoms with van der Waals surface area (Å²) >= 11 is 3.89. The summed E-state index contributed by atoms with van der Waals surface area (Å²) in [7, 11) is 11.9. The Bertz CT molecular complexity index is 285. The van der Waals surface area contributed by atoms with Crippen molar-refractivity contribution in [3.05, 3.63) is 0 Å². The van der Waals surface area contributed by atoms with Crippen molar-refractivity contribution in [3.63, 3.8) is 0 Å². The van der Waals surface area contributed by atoms with Crippen molar-refractivity contribution < 1.29 is 4.79 Å². The van der Waals surface area contributed by atoms with Crippen molar-refractivity contribution >= 4 is 33.7 Å². The van der Waals surface area contributed by atoms with E-state index in [0.717, 1.165) is 32.2 Å². The molecule has 2 aliphatic rings. The Hall–Kier alpha value is -0.0901. The van der Waals surface area contributed by atoms with Crippen LogP contribution in [-0.2, 0) is 0 Å². The van der Waals surface area contributed by atoms with Gasteiger partial charge in [-0.15, -0.1) is 0 Å². The van der Waals surface area contributed by atoms with Gasteiger partial charge in [0.2, 0.25) is 0 Å². The van der Waals surface area contributed by atoms with Gasteiger partial charge in [-0.2, -0.15) is 0 Å². The lowest BCUT2D eigenvalue weighted by molar-refractivity contribution is 0.210. The van der Waals surface area contributed by atoms with E-state index >= 15 is 0 Å². The molecular formula is C11H18B2N2OS. The van der Waals surface area contributed by atoms with Gasteiger partial charge < -0.3 is 9.71 Å². The molecule has 2 aliphatic carbocycles. The second kappa shape index (κ2) is 5.70. The third-order valence-corrected chi connectivity index (χ3v) is 3.68. The van der Waals surface area contributed by atoms with Gasteiger partial charge in [0, 0.05) is 6.04 Å². The SMILES string of the molecule is [B]C(CCCN([B])C1CC1)N(C(=O)S)C1CC1. The zero-order chi connectivity index (χ0) is 12.4. The molecule has 2 saturated carbocycles. The predicted molar refractivity (Wildman–Crippen MR) is 73.5 cm³/mol. The Morgan fingerprint density at radius 1 is 1.29 bits per heavy atom. The second-order valence-corrected chi connectivity index (χ2v) is 5.48. The summed E-state index contributed by atoms with van der Waals surface area (Å²) in [6.45, 7) is 0.859. The van der Waals surface area contributed by atoms with Crippen molar-refractivity contribution in [2.45, 2.75) is 56.5 Å². The number of amides is 1. The molecule has 0 heterocycles. The van der Waals surface area contributed by atoms with Crippen molar-refractivity contribution in [3.8, 4) is 0 Å². The van der Waals surface area contributed by atoms with E-state index in [0.29, 0.717) is 12.1 Å². The minimum absolute atomic E-state index is 0.202. The van der Waals surface area contributed by atoms with Crippen molar-refractivity contribution in [1.29, 1.82) is 0 Å². The summed E-state index contributed by atoms with van der Waals surface area (Å²) < 4.78 is 0. The lowest BCUT2D eigenvalue weighted by Crippen LogP contribution is -2.40.